The molecule has 222 valence electrons. The van der Waals surface area contributed by atoms with Crippen LogP contribution in [0.3, 0.4) is 0 Å². The number of thioether (sulfide) groups is 1. The molecule has 9 nitrogen and oxygen atoms in total. The number of carbonyl (C=O) groups excluding carboxylic acids is 2. The van der Waals surface area contributed by atoms with Crippen LogP contribution in [0.2, 0.25) is 5.02 Å². The van der Waals surface area contributed by atoms with Gasteiger partial charge in [0.1, 0.15) is 5.75 Å². The van der Waals surface area contributed by atoms with Crippen molar-refractivity contribution in [1.29, 1.82) is 0 Å². The maximum absolute atomic E-state index is 13.8. The van der Waals surface area contributed by atoms with E-state index in [1.165, 1.54) is 11.8 Å². The van der Waals surface area contributed by atoms with Crippen LogP contribution in [0.4, 0.5) is 0 Å². The quantitative estimate of drug-likeness (QED) is 0.177. The molecule has 0 saturated carbocycles. The van der Waals surface area contributed by atoms with Gasteiger partial charge in [-0.3, -0.25) is 14.2 Å². The number of methoxy groups -OCH3 is 1. The van der Waals surface area contributed by atoms with Gasteiger partial charge in [0.15, 0.2) is 11.0 Å². The van der Waals surface area contributed by atoms with E-state index in [4.69, 9.17) is 21.4 Å². The van der Waals surface area contributed by atoms with E-state index in [2.05, 4.69) is 15.5 Å². The molecular formula is C32H27ClN6O3S2. The number of halogens is 1. The van der Waals surface area contributed by atoms with Crippen molar-refractivity contribution in [2.45, 2.75) is 24.2 Å². The molecule has 0 saturated heterocycles. The molecule has 1 N–H and O–H groups in total. The average Bonchev–Trinajstić information content (AvgIpc) is 3.83. The zero-order valence-electron chi connectivity index (χ0n) is 23.6. The van der Waals surface area contributed by atoms with Crippen molar-refractivity contribution in [2.24, 2.45) is 5.10 Å². The first-order valence-corrected chi connectivity index (χ1v) is 16.0. The minimum Gasteiger partial charge on any atom is -0.497 e. The summed E-state index contributed by atoms with van der Waals surface area (Å²) >= 11 is 9.18. The second-order valence-corrected chi connectivity index (χ2v) is 12.1. The number of hydrogen-bond acceptors (Lipinski definition) is 8. The van der Waals surface area contributed by atoms with Gasteiger partial charge < -0.3 is 10.1 Å². The van der Waals surface area contributed by atoms with Gasteiger partial charge in [0, 0.05) is 17.0 Å². The van der Waals surface area contributed by atoms with Crippen molar-refractivity contribution in [3.05, 3.63) is 123 Å². The molecule has 1 atom stereocenters. The number of ether oxygens (including phenoxy) is 1. The lowest BCUT2D eigenvalue weighted by atomic mass is 10.0. The SMILES string of the molecule is COc1ccc(C2CC(c3cccs3)=NN2C(=O)CSc2nnc(CNC(=O)c3ccccc3)n2-c2cccc(Cl)c2)cc1. The van der Waals surface area contributed by atoms with E-state index in [0.717, 1.165) is 27.6 Å². The molecule has 0 aliphatic carbocycles. The van der Waals surface area contributed by atoms with Crippen LogP contribution in [0.5, 0.6) is 5.75 Å². The highest BCUT2D eigenvalue weighted by Gasteiger charge is 2.33. The van der Waals surface area contributed by atoms with Gasteiger partial charge in [-0.2, -0.15) is 5.10 Å². The number of thiophene rings is 1. The molecule has 0 spiro atoms. The van der Waals surface area contributed by atoms with Crippen LogP contribution in [0.1, 0.15) is 39.1 Å². The van der Waals surface area contributed by atoms with Crippen LogP contribution < -0.4 is 10.1 Å². The summed E-state index contributed by atoms with van der Waals surface area (Å²) in [5, 5.41) is 21.0. The van der Waals surface area contributed by atoms with Gasteiger partial charge in [0.05, 0.1) is 41.7 Å². The van der Waals surface area contributed by atoms with Crippen LogP contribution in [-0.2, 0) is 11.3 Å². The molecule has 0 fully saturated rings. The molecule has 0 radical (unpaired) electrons. The number of hydrazone groups is 1. The van der Waals surface area contributed by atoms with Crippen molar-refractivity contribution in [1.82, 2.24) is 25.1 Å². The lowest BCUT2D eigenvalue weighted by molar-refractivity contribution is -0.130. The Morgan fingerprint density at radius 3 is 2.57 bits per heavy atom. The van der Waals surface area contributed by atoms with Crippen LogP contribution >= 0.6 is 34.7 Å². The van der Waals surface area contributed by atoms with Gasteiger partial charge in [-0.05, 0) is 59.5 Å². The summed E-state index contributed by atoms with van der Waals surface area (Å²) in [6.07, 6.45) is 0.604. The summed E-state index contributed by atoms with van der Waals surface area (Å²) < 4.78 is 7.13. The van der Waals surface area contributed by atoms with Crippen molar-refractivity contribution in [3.63, 3.8) is 0 Å². The van der Waals surface area contributed by atoms with E-state index in [9.17, 15) is 9.59 Å². The maximum atomic E-state index is 13.8. The molecule has 2 aromatic heterocycles. The third-order valence-electron chi connectivity index (χ3n) is 7.01. The summed E-state index contributed by atoms with van der Waals surface area (Å²) in [5.74, 6) is 0.927. The van der Waals surface area contributed by atoms with Crippen LogP contribution in [0.25, 0.3) is 5.69 Å². The molecule has 3 heterocycles. The first-order chi connectivity index (χ1) is 21.5. The molecule has 2 amide bonds. The molecular weight excluding hydrogens is 616 g/mol. The summed E-state index contributed by atoms with van der Waals surface area (Å²) in [6, 6.07) is 27.7. The Hall–Kier alpha value is -4.45. The Labute approximate surface area is 267 Å². The zero-order valence-corrected chi connectivity index (χ0v) is 26.0. The van der Waals surface area contributed by atoms with Gasteiger partial charge in [-0.15, -0.1) is 21.5 Å². The fourth-order valence-electron chi connectivity index (χ4n) is 4.84. The summed E-state index contributed by atoms with van der Waals surface area (Å²) in [7, 11) is 1.63. The van der Waals surface area contributed by atoms with Gasteiger partial charge in [0.25, 0.3) is 11.8 Å². The normalized spacial score (nSPS) is 14.4. The smallest absolute Gasteiger partial charge is 0.253 e. The number of rotatable bonds is 10. The van der Waals surface area contributed by atoms with Gasteiger partial charge in [0.2, 0.25) is 0 Å². The highest BCUT2D eigenvalue weighted by Crippen LogP contribution is 2.35. The molecule has 0 bridgehead atoms. The van der Waals surface area contributed by atoms with Crippen molar-refractivity contribution >= 4 is 52.2 Å². The number of aromatic nitrogens is 3. The van der Waals surface area contributed by atoms with E-state index in [1.807, 2.05) is 72.1 Å². The number of carbonyl (C=O) groups is 2. The fourth-order valence-corrected chi connectivity index (χ4v) is 6.57. The Morgan fingerprint density at radius 2 is 1.84 bits per heavy atom. The summed E-state index contributed by atoms with van der Waals surface area (Å²) in [4.78, 5) is 27.5. The van der Waals surface area contributed by atoms with Crippen LogP contribution in [0, 0.1) is 0 Å². The van der Waals surface area contributed by atoms with Gasteiger partial charge >= 0.3 is 0 Å². The zero-order chi connectivity index (χ0) is 30.5. The number of benzene rings is 3. The van der Waals surface area contributed by atoms with Gasteiger partial charge in [-0.1, -0.05) is 65.8 Å². The topological polar surface area (TPSA) is 102 Å². The molecule has 1 aliphatic heterocycles. The largest absolute Gasteiger partial charge is 0.497 e. The summed E-state index contributed by atoms with van der Waals surface area (Å²) in [5.41, 5.74) is 3.11. The average molecular weight is 643 g/mol. The molecule has 1 unspecified atom stereocenters. The monoisotopic (exact) mass is 642 g/mol. The van der Waals surface area contributed by atoms with E-state index in [1.54, 1.807) is 52.3 Å². The molecule has 5 aromatic rings. The first-order valence-electron chi connectivity index (χ1n) is 13.7. The Kier molecular flexibility index (Phi) is 9.06. The lowest BCUT2D eigenvalue weighted by Crippen LogP contribution is -2.28. The van der Waals surface area contributed by atoms with E-state index < -0.39 is 0 Å². The highest BCUT2D eigenvalue weighted by atomic mass is 35.5. The van der Waals surface area contributed by atoms with Crippen LogP contribution in [-0.4, -0.2) is 50.2 Å². The number of hydrogen-bond donors (Lipinski definition) is 1. The predicted molar refractivity (Wildman–Crippen MR) is 173 cm³/mol. The van der Waals surface area contributed by atoms with Crippen molar-refractivity contribution < 1.29 is 14.3 Å². The lowest BCUT2D eigenvalue weighted by Gasteiger charge is -2.22. The van der Waals surface area contributed by atoms with E-state index in [-0.39, 0.29) is 30.2 Å². The van der Waals surface area contributed by atoms with Crippen LogP contribution in [0.15, 0.2) is 107 Å². The van der Waals surface area contributed by atoms with Crippen molar-refractivity contribution in [3.8, 4) is 11.4 Å². The first kappa shape index (κ1) is 29.6. The third kappa shape index (κ3) is 6.54. The number of nitrogens with one attached hydrogen (secondary N) is 1. The Morgan fingerprint density at radius 1 is 1.02 bits per heavy atom. The molecule has 6 rings (SSSR count). The minimum atomic E-state index is -0.249. The standard InChI is InChI=1S/C32H27ClN6O3S2/c1-42-25-14-12-21(13-15-25)27-18-26(28-11-6-16-43-28)37-39(27)30(40)20-44-32-36-35-29(38(32)24-10-5-9-23(33)17-24)19-34-31(41)22-7-3-2-4-8-22/h2-17,27H,18-20H2,1H3,(H,34,41). The summed E-state index contributed by atoms with van der Waals surface area (Å²) in [6.45, 7) is 0.127. The Bertz CT molecular complexity index is 1790. The molecule has 12 heteroatoms. The third-order valence-corrected chi connectivity index (χ3v) is 9.07. The number of amides is 2. The highest BCUT2D eigenvalue weighted by molar-refractivity contribution is 7.99. The maximum Gasteiger partial charge on any atom is 0.253 e. The van der Waals surface area contributed by atoms with E-state index in [0.29, 0.717) is 28.0 Å². The predicted octanol–water partition coefficient (Wildman–Crippen LogP) is 6.39. The Balaban J connectivity index is 1.24. The molecule has 44 heavy (non-hydrogen) atoms. The molecule has 1 aliphatic rings. The number of nitrogens with zero attached hydrogens (tertiary/aromatic N) is 5. The van der Waals surface area contributed by atoms with Crippen molar-refractivity contribution in [2.75, 3.05) is 12.9 Å². The molecule has 3 aromatic carbocycles. The second-order valence-electron chi connectivity index (χ2n) is 9.81. The van der Waals surface area contributed by atoms with E-state index >= 15 is 0 Å². The van der Waals surface area contributed by atoms with Gasteiger partial charge in [-0.25, -0.2) is 5.01 Å². The fraction of sp³-hybridized carbons (Fsp3) is 0.156. The minimum absolute atomic E-state index is 0.0724. The second kappa shape index (κ2) is 13.5.